The smallest absolute Gasteiger partial charge is 0.225 e. The standard InChI is InChI=1S/C19H19ClN4/c1-13-5-3-6-15(9-13)12-21-19-22-14(2)10-18(24-19)23-17-8-4-7-16(20)11-17/h3-11H,12H2,1-2H3,(H2,21,22,23,24). The number of hydrogen-bond donors (Lipinski definition) is 2. The number of nitrogens with zero attached hydrogens (tertiary/aromatic N) is 2. The van der Waals surface area contributed by atoms with Crippen LogP contribution >= 0.6 is 11.6 Å². The molecule has 2 N–H and O–H groups in total. The van der Waals surface area contributed by atoms with Gasteiger partial charge in [-0.2, -0.15) is 4.98 Å². The van der Waals surface area contributed by atoms with Gasteiger partial charge in [-0.3, -0.25) is 0 Å². The second kappa shape index (κ2) is 7.32. The molecular formula is C19H19ClN4. The van der Waals surface area contributed by atoms with E-state index in [0.717, 1.165) is 17.2 Å². The van der Waals surface area contributed by atoms with Crippen LogP contribution in [0.25, 0.3) is 0 Å². The number of benzene rings is 2. The zero-order valence-electron chi connectivity index (χ0n) is 13.7. The minimum atomic E-state index is 0.598. The Morgan fingerprint density at radius 2 is 1.79 bits per heavy atom. The molecule has 0 amide bonds. The van der Waals surface area contributed by atoms with Crippen molar-refractivity contribution in [3.63, 3.8) is 0 Å². The Labute approximate surface area is 146 Å². The maximum Gasteiger partial charge on any atom is 0.225 e. The molecule has 2 aromatic carbocycles. The maximum absolute atomic E-state index is 6.02. The molecule has 0 unspecified atom stereocenters. The Morgan fingerprint density at radius 3 is 2.58 bits per heavy atom. The van der Waals surface area contributed by atoms with E-state index in [-0.39, 0.29) is 0 Å². The van der Waals surface area contributed by atoms with Gasteiger partial charge in [0.25, 0.3) is 0 Å². The van der Waals surface area contributed by atoms with Crippen LogP contribution in [-0.4, -0.2) is 9.97 Å². The lowest BCUT2D eigenvalue weighted by atomic mass is 10.1. The van der Waals surface area contributed by atoms with Gasteiger partial charge in [0.1, 0.15) is 5.82 Å². The van der Waals surface area contributed by atoms with Crippen molar-refractivity contribution in [2.75, 3.05) is 10.6 Å². The molecule has 3 rings (SSSR count). The fourth-order valence-corrected chi connectivity index (χ4v) is 2.62. The van der Waals surface area contributed by atoms with Crippen molar-refractivity contribution in [2.45, 2.75) is 20.4 Å². The first-order valence-electron chi connectivity index (χ1n) is 7.76. The van der Waals surface area contributed by atoms with Crippen LogP contribution in [0.2, 0.25) is 5.02 Å². The van der Waals surface area contributed by atoms with E-state index < -0.39 is 0 Å². The molecule has 1 aromatic heterocycles. The van der Waals surface area contributed by atoms with E-state index in [1.54, 1.807) is 0 Å². The fourth-order valence-electron chi connectivity index (χ4n) is 2.43. The molecule has 24 heavy (non-hydrogen) atoms. The lowest BCUT2D eigenvalue weighted by Gasteiger charge is -2.10. The molecule has 0 saturated carbocycles. The highest BCUT2D eigenvalue weighted by Crippen LogP contribution is 2.20. The number of rotatable bonds is 5. The molecule has 0 fully saturated rings. The van der Waals surface area contributed by atoms with Gasteiger partial charge in [0, 0.05) is 29.0 Å². The molecule has 3 aromatic rings. The van der Waals surface area contributed by atoms with Gasteiger partial charge in [0.15, 0.2) is 0 Å². The number of halogens is 1. The Morgan fingerprint density at radius 1 is 0.958 bits per heavy atom. The van der Waals surface area contributed by atoms with Gasteiger partial charge in [-0.05, 0) is 37.6 Å². The summed E-state index contributed by atoms with van der Waals surface area (Å²) in [6.07, 6.45) is 0. The SMILES string of the molecule is Cc1cccc(CNc2nc(C)cc(Nc3cccc(Cl)c3)n2)c1. The third kappa shape index (κ3) is 4.46. The van der Waals surface area contributed by atoms with Gasteiger partial charge in [0.2, 0.25) is 5.95 Å². The van der Waals surface area contributed by atoms with Crippen molar-refractivity contribution in [2.24, 2.45) is 0 Å². The number of aromatic nitrogens is 2. The predicted octanol–water partition coefficient (Wildman–Crippen LogP) is 5.10. The zero-order valence-corrected chi connectivity index (χ0v) is 14.4. The third-order valence-electron chi connectivity index (χ3n) is 3.48. The molecule has 0 aliphatic heterocycles. The molecule has 4 nitrogen and oxygen atoms in total. The van der Waals surface area contributed by atoms with Crippen molar-refractivity contribution in [1.29, 1.82) is 0 Å². The molecule has 0 bridgehead atoms. The summed E-state index contributed by atoms with van der Waals surface area (Å²) in [6.45, 7) is 4.71. The third-order valence-corrected chi connectivity index (χ3v) is 3.72. The summed E-state index contributed by atoms with van der Waals surface area (Å²) in [6, 6.07) is 17.8. The van der Waals surface area contributed by atoms with E-state index in [0.29, 0.717) is 17.5 Å². The van der Waals surface area contributed by atoms with Crippen LogP contribution in [0.15, 0.2) is 54.6 Å². The van der Waals surface area contributed by atoms with E-state index in [1.165, 1.54) is 11.1 Å². The van der Waals surface area contributed by atoms with E-state index >= 15 is 0 Å². The average molecular weight is 339 g/mol. The summed E-state index contributed by atoms with van der Waals surface area (Å²) in [5.74, 6) is 1.33. The highest BCUT2D eigenvalue weighted by atomic mass is 35.5. The summed E-state index contributed by atoms with van der Waals surface area (Å²) in [4.78, 5) is 8.96. The quantitative estimate of drug-likeness (QED) is 0.679. The largest absolute Gasteiger partial charge is 0.350 e. The first-order chi connectivity index (χ1) is 11.6. The molecule has 1 heterocycles. The monoisotopic (exact) mass is 338 g/mol. The predicted molar refractivity (Wildman–Crippen MR) is 100 cm³/mol. The summed E-state index contributed by atoms with van der Waals surface area (Å²) in [7, 11) is 0. The van der Waals surface area contributed by atoms with Crippen LogP contribution in [0.1, 0.15) is 16.8 Å². The van der Waals surface area contributed by atoms with Crippen LogP contribution in [0.3, 0.4) is 0 Å². The van der Waals surface area contributed by atoms with Gasteiger partial charge in [-0.25, -0.2) is 4.98 Å². The molecule has 0 spiro atoms. The topological polar surface area (TPSA) is 49.8 Å². The fraction of sp³-hybridized carbons (Fsp3) is 0.158. The van der Waals surface area contributed by atoms with Crippen LogP contribution in [0, 0.1) is 13.8 Å². The van der Waals surface area contributed by atoms with Crippen LogP contribution in [0.4, 0.5) is 17.5 Å². The first kappa shape index (κ1) is 16.3. The highest BCUT2D eigenvalue weighted by molar-refractivity contribution is 6.30. The maximum atomic E-state index is 6.02. The van der Waals surface area contributed by atoms with Crippen LogP contribution < -0.4 is 10.6 Å². The minimum Gasteiger partial charge on any atom is -0.350 e. The van der Waals surface area contributed by atoms with Gasteiger partial charge in [0.05, 0.1) is 0 Å². The molecular weight excluding hydrogens is 320 g/mol. The average Bonchev–Trinajstić information content (AvgIpc) is 2.52. The van der Waals surface area contributed by atoms with Gasteiger partial charge >= 0.3 is 0 Å². The van der Waals surface area contributed by atoms with Crippen molar-refractivity contribution in [1.82, 2.24) is 9.97 Å². The number of aryl methyl sites for hydroxylation is 2. The van der Waals surface area contributed by atoms with Crippen LogP contribution in [-0.2, 0) is 6.54 Å². The van der Waals surface area contributed by atoms with Gasteiger partial charge in [-0.15, -0.1) is 0 Å². The second-order valence-corrected chi connectivity index (χ2v) is 6.13. The van der Waals surface area contributed by atoms with Gasteiger partial charge < -0.3 is 10.6 Å². The molecule has 0 aliphatic rings. The normalized spacial score (nSPS) is 10.5. The Kier molecular flexibility index (Phi) is 4.96. The van der Waals surface area contributed by atoms with Crippen LogP contribution in [0.5, 0.6) is 0 Å². The molecule has 0 radical (unpaired) electrons. The Bertz CT molecular complexity index is 848. The van der Waals surface area contributed by atoms with E-state index in [2.05, 4.69) is 51.8 Å². The summed E-state index contributed by atoms with van der Waals surface area (Å²) >= 11 is 6.02. The first-order valence-corrected chi connectivity index (χ1v) is 8.14. The summed E-state index contributed by atoms with van der Waals surface area (Å²) in [5.41, 5.74) is 4.22. The van der Waals surface area contributed by atoms with E-state index in [4.69, 9.17) is 11.6 Å². The lowest BCUT2D eigenvalue weighted by molar-refractivity contribution is 1.03. The number of anilines is 3. The molecule has 5 heteroatoms. The van der Waals surface area contributed by atoms with Crippen molar-refractivity contribution in [3.05, 3.63) is 76.4 Å². The molecule has 0 aliphatic carbocycles. The molecule has 0 saturated heterocycles. The summed E-state index contributed by atoms with van der Waals surface area (Å²) < 4.78 is 0. The van der Waals surface area contributed by atoms with Crippen molar-refractivity contribution >= 4 is 29.1 Å². The Balaban J connectivity index is 1.73. The highest BCUT2D eigenvalue weighted by Gasteiger charge is 2.04. The lowest BCUT2D eigenvalue weighted by Crippen LogP contribution is -2.06. The Hall–Kier alpha value is -2.59. The van der Waals surface area contributed by atoms with Gasteiger partial charge in [-0.1, -0.05) is 47.5 Å². The van der Waals surface area contributed by atoms with Crippen molar-refractivity contribution in [3.8, 4) is 0 Å². The van der Waals surface area contributed by atoms with E-state index in [1.807, 2.05) is 37.3 Å². The van der Waals surface area contributed by atoms with E-state index in [9.17, 15) is 0 Å². The zero-order chi connectivity index (χ0) is 16.9. The number of hydrogen-bond acceptors (Lipinski definition) is 4. The molecule has 122 valence electrons. The second-order valence-electron chi connectivity index (χ2n) is 5.70. The minimum absolute atomic E-state index is 0.598. The molecule has 0 atom stereocenters. The number of nitrogens with one attached hydrogen (secondary N) is 2. The van der Waals surface area contributed by atoms with Crippen molar-refractivity contribution < 1.29 is 0 Å². The summed E-state index contributed by atoms with van der Waals surface area (Å²) in [5, 5.41) is 7.22.